The van der Waals surface area contributed by atoms with Crippen molar-refractivity contribution < 1.29 is 4.74 Å². The van der Waals surface area contributed by atoms with E-state index in [4.69, 9.17) is 10.5 Å². The van der Waals surface area contributed by atoms with Crippen LogP contribution in [0.15, 0.2) is 36.5 Å². The third-order valence-electron chi connectivity index (χ3n) is 3.99. The second kappa shape index (κ2) is 5.17. The van der Waals surface area contributed by atoms with Crippen molar-refractivity contribution in [3.05, 3.63) is 36.5 Å². The van der Waals surface area contributed by atoms with Crippen LogP contribution in [-0.2, 0) is 0 Å². The highest BCUT2D eigenvalue weighted by molar-refractivity contribution is 5.84. The first-order valence-corrected chi connectivity index (χ1v) is 7.00. The summed E-state index contributed by atoms with van der Waals surface area (Å²) in [5, 5.41) is 1.07. The zero-order valence-electron chi connectivity index (χ0n) is 11.3. The van der Waals surface area contributed by atoms with E-state index in [2.05, 4.69) is 18.0 Å². The first-order valence-electron chi connectivity index (χ1n) is 7.00. The maximum Gasteiger partial charge on any atom is 0.129 e. The Hall–Kier alpha value is -1.61. The Morgan fingerprint density at radius 3 is 3.00 bits per heavy atom. The summed E-state index contributed by atoms with van der Waals surface area (Å²) in [6.45, 7) is 2.27. The van der Waals surface area contributed by atoms with Crippen molar-refractivity contribution in [1.29, 1.82) is 0 Å². The number of ether oxygens (including phenoxy) is 1. The van der Waals surface area contributed by atoms with E-state index in [9.17, 15) is 0 Å². The number of aromatic nitrogens is 1. The molecular formula is C16H20N2O. The topological polar surface area (TPSA) is 48.1 Å². The van der Waals surface area contributed by atoms with Gasteiger partial charge in [0.05, 0.1) is 5.52 Å². The number of nitrogens with two attached hydrogens (primary N) is 1. The molecule has 3 nitrogen and oxygen atoms in total. The maximum atomic E-state index is 6.19. The van der Waals surface area contributed by atoms with Gasteiger partial charge in [-0.2, -0.15) is 0 Å². The predicted molar refractivity (Wildman–Crippen MR) is 77.1 cm³/mol. The van der Waals surface area contributed by atoms with Gasteiger partial charge in [0.2, 0.25) is 0 Å². The summed E-state index contributed by atoms with van der Waals surface area (Å²) < 4.78 is 6.19. The van der Waals surface area contributed by atoms with E-state index in [0.717, 1.165) is 29.5 Å². The second-order valence-corrected chi connectivity index (χ2v) is 5.56. The van der Waals surface area contributed by atoms with Crippen molar-refractivity contribution in [1.82, 2.24) is 4.98 Å². The molecule has 0 aliphatic heterocycles. The van der Waals surface area contributed by atoms with Crippen LogP contribution in [0.1, 0.15) is 26.2 Å². The minimum atomic E-state index is 0.120. The van der Waals surface area contributed by atoms with Gasteiger partial charge < -0.3 is 10.5 Å². The largest absolute Gasteiger partial charge is 0.488 e. The van der Waals surface area contributed by atoms with Crippen LogP contribution in [0.25, 0.3) is 10.9 Å². The van der Waals surface area contributed by atoms with E-state index in [1.165, 1.54) is 6.42 Å². The third kappa shape index (κ3) is 2.56. The molecule has 1 aliphatic carbocycles. The summed E-state index contributed by atoms with van der Waals surface area (Å²) in [5.41, 5.74) is 7.16. The number of pyridine rings is 1. The van der Waals surface area contributed by atoms with Gasteiger partial charge in [-0.15, -0.1) is 0 Å². The molecule has 0 bridgehead atoms. The number of rotatable bonds is 2. The predicted octanol–water partition coefficient (Wildman–Crippen LogP) is 3.13. The fourth-order valence-corrected chi connectivity index (χ4v) is 2.83. The Bertz CT molecular complexity index is 564. The summed E-state index contributed by atoms with van der Waals surface area (Å²) in [4.78, 5) is 4.36. The van der Waals surface area contributed by atoms with Gasteiger partial charge in [-0.05, 0) is 49.4 Å². The molecule has 0 spiro atoms. The molecule has 1 fully saturated rings. The van der Waals surface area contributed by atoms with Crippen molar-refractivity contribution in [3.8, 4) is 5.75 Å². The Morgan fingerprint density at radius 1 is 1.21 bits per heavy atom. The molecular weight excluding hydrogens is 236 g/mol. The summed E-state index contributed by atoms with van der Waals surface area (Å²) in [6.07, 6.45) is 5.22. The van der Waals surface area contributed by atoms with Gasteiger partial charge in [0.15, 0.2) is 0 Å². The lowest BCUT2D eigenvalue weighted by atomic mass is 9.85. The number of fused-ring (bicyclic) bond motifs is 1. The van der Waals surface area contributed by atoms with Crippen molar-refractivity contribution in [2.45, 2.75) is 38.3 Å². The summed E-state index contributed by atoms with van der Waals surface area (Å²) in [6, 6.07) is 10.1. The van der Waals surface area contributed by atoms with E-state index in [-0.39, 0.29) is 12.1 Å². The van der Waals surface area contributed by atoms with E-state index < -0.39 is 0 Å². The molecule has 0 saturated heterocycles. The average Bonchev–Trinajstić information content (AvgIpc) is 2.43. The number of benzene rings is 1. The summed E-state index contributed by atoms with van der Waals surface area (Å²) >= 11 is 0. The van der Waals surface area contributed by atoms with Gasteiger partial charge in [0, 0.05) is 17.6 Å². The Kier molecular flexibility index (Phi) is 3.38. The zero-order valence-corrected chi connectivity index (χ0v) is 11.3. The highest BCUT2D eigenvalue weighted by Gasteiger charge is 2.27. The molecule has 100 valence electrons. The highest BCUT2D eigenvalue weighted by atomic mass is 16.5. The van der Waals surface area contributed by atoms with Gasteiger partial charge in [-0.25, -0.2) is 0 Å². The Balaban J connectivity index is 1.88. The van der Waals surface area contributed by atoms with E-state index in [0.29, 0.717) is 5.92 Å². The number of hydrogen-bond acceptors (Lipinski definition) is 3. The highest BCUT2D eigenvalue weighted by Crippen LogP contribution is 2.30. The molecule has 3 heteroatoms. The number of hydrogen-bond donors (Lipinski definition) is 1. The fourth-order valence-electron chi connectivity index (χ4n) is 2.83. The van der Waals surface area contributed by atoms with Gasteiger partial charge in [0.25, 0.3) is 0 Å². The molecule has 19 heavy (non-hydrogen) atoms. The molecule has 3 rings (SSSR count). The molecule has 1 aliphatic rings. The molecule has 2 aromatic rings. The van der Waals surface area contributed by atoms with Gasteiger partial charge in [0.1, 0.15) is 11.9 Å². The first-order chi connectivity index (χ1) is 9.24. The van der Waals surface area contributed by atoms with Crippen LogP contribution in [-0.4, -0.2) is 17.1 Å². The smallest absolute Gasteiger partial charge is 0.129 e. The lowest BCUT2D eigenvalue weighted by Crippen LogP contribution is -2.43. The number of nitrogens with zero attached hydrogens (tertiary/aromatic N) is 1. The monoisotopic (exact) mass is 256 g/mol. The van der Waals surface area contributed by atoms with Crippen LogP contribution in [0.4, 0.5) is 0 Å². The van der Waals surface area contributed by atoms with Crippen LogP contribution < -0.4 is 10.5 Å². The molecule has 0 amide bonds. The van der Waals surface area contributed by atoms with Crippen LogP contribution in [0.3, 0.4) is 0 Å². The van der Waals surface area contributed by atoms with Gasteiger partial charge >= 0.3 is 0 Å². The molecule has 1 aromatic carbocycles. The molecule has 0 radical (unpaired) electrons. The Morgan fingerprint density at radius 2 is 2.11 bits per heavy atom. The first kappa shape index (κ1) is 12.4. The van der Waals surface area contributed by atoms with Crippen LogP contribution in [0, 0.1) is 5.92 Å². The van der Waals surface area contributed by atoms with E-state index in [1.54, 1.807) is 6.20 Å². The van der Waals surface area contributed by atoms with Crippen LogP contribution in [0.5, 0.6) is 5.75 Å². The average molecular weight is 256 g/mol. The van der Waals surface area contributed by atoms with Crippen LogP contribution in [0.2, 0.25) is 0 Å². The van der Waals surface area contributed by atoms with E-state index in [1.807, 2.05) is 24.3 Å². The molecule has 1 saturated carbocycles. The minimum Gasteiger partial charge on any atom is -0.488 e. The normalized spacial score (nSPS) is 27.4. The van der Waals surface area contributed by atoms with Crippen molar-refractivity contribution in [2.75, 3.05) is 0 Å². The van der Waals surface area contributed by atoms with Crippen molar-refractivity contribution in [2.24, 2.45) is 11.7 Å². The SMILES string of the molecule is CC1CCC(N)C(Oc2cccc3ncccc23)C1. The zero-order chi connectivity index (χ0) is 13.2. The molecule has 1 aromatic heterocycles. The Labute approximate surface area is 113 Å². The second-order valence-electron chi connectivity index (χ2n) is 5.56. The molecule has 3 atom stereocenters. The fraction of sp³-hybridized carbons (Fsp3) is 0.438. The minimum absolute atomic E-state index is 0.120. The standard InChI is InChI=1S/C16H20N2O/c1-11-7-8-13(17)16(10-11)19-15-6-2-5-14-12(15)4-3-9-18-14/h2-6,9,11,13,16H,7-8,10,17H2,1H3. The third-order valence-corrected chi connectivity index (χ3v) is 3.99. The molecule has 3 unspecified atom stereocenters. The lowest BCUT2D eigenvalue weighted by Gasteiger charge is -2.33. The van der Waals surface area contributed by atoms with E-state index >= 15 is 0 Å². The summed E-state index contributed by atoms with van der Waals surface area (Å²) in [7, 11) is 0. The maximum absolute atomic E-state index is 6.19. The van der Waals surface area contributed by atoms with Crippen molar-refractivity contribution >= 4 is 10.9 Å². The van der Waals surface area contributed by atoms with Crippen LogP contribution >= 0.6 is 0 Å². The van der Waals surface area contributed by atoms with Gasteiger partial charge in [-0.1, -0.05) is 13.0 Å². The molecule has 1 heterocycles. The summed E-state index contributed by atoms with van der Waals surface area (Å²) in [5.74, 6) is 1.60. The van der Waals surface area contributed by atoms with Gasteiger partial charge in [-0.3, -0.25) is 4.98 Å². The quantitative estimate of drug-likeness (QED) is 0.898. The lowest BCUT2D eigenvalue weighted by molar-refractivity contribution is 0.109. The molecule has 2 N–H and O–H groups in total. The van der Waals surface area contributed by atoms with Crippen molar-refractivity contribution in [3.63, 3.8) is 0 Å².